The highest BCUT2D eigenvalue weighted by Crippen LogP contribution is 2.09. The van der Waals surface area contributed by atoms with Gasteiger partial charge >= 0.3 is 0 Å². The molecule has 0 heterocycles. The smallest absolute Gasteiger partial charge is 0.0276 e. The van der Waals surface area contributed by atoms with Crippen molar-refractivity contribution in [2.24, 2.45) is 5.92 Å². The molecule has 1 rings (SSSR count). The molecular formula is C14H26. The van der Waals surface area contributed by atoms with Crippen LogP contribution in [-0.4, -0.2) is 0 Å². The van der Waals surface area contributed by atoms with Gasteiger partial charge in [0.15, 0.2) is 0 Å². The number of hydrogen-bond acceptors (Lipinski definition) is 0. The molecule has 0 aliphatic carbocycles. The van der Waals surface area contributed by atoms with Gasteiger partial charge in [0.2, 0.25) is 0 Å². The first-order chi connectivity index (χ1) is 5.68. The minimum absolute atomic E-state index is 0. The van der Waals surface area contributed by atoms with E-state index in [-0.39, 0.29) is 14.9 Å². The number of benzene rings is 1. The molecule has 14 heavy (non-hydrogen) atoms. The van der Waals surface area contributed by atoms with E-state index in [1.54, 1.807) is 0 Å². The van der Waals surface area contributed by atoms with Gasteiger partial charge in [-0.1, -0.05) is 58.5 Å². The summed E-state index contributed by atoms with van der Waals surface area (Å²) < 4.78 is 0. The van der Waals surface area contributed by atoms with Gasteiger partial charge in [0, 0.05) is 0 Å². The van der Waals surface area contributed by atoms with E-state index in [4.69, 9.17) is 0 Å². The second-order valence-electron chi connectivity index (χ2n) is 3.92. The predicted octanol–water partition coefficient (Wildman–Crippen LogP) is 4.86. The Morgan fingerprint density at radius 3 is 1.93 bits per heavy atom. The molecule has 1 aromatic carbocycles. The Hall–Kier alpha value is -0.780. The predicted molar refractivity (Wildman–Crippen MR) is 67.8 cm³/mol. The summed E-state index contributed by atoms with van der Waals surface area (Å²) in [5.74, 6) is 0.811. The van der Waals surface area contributed by atoms with Crippen LogP contribution in [0.25, 0.3) is 0 Å². The van der Waals surface area contributed by atoms with Gasteiger partial charge in [0.05, 0.1) is 0 Å². The average molecular weight is 194 g/mol. The van der Waals surface area contributed by atoms with Gasteiger partial charge in [-0.2, -0.15) is 0 Å². The quantitative estimate of drug-likeness (QED) is 0.645. The summed E-state index contributed by atoms with van der Waals surface area (Å²) in [6, 6.07) is 8.85. The molecule has 0 atom stereocenters. The summed E-state index contributed by atoms with van der Waals surface area (Å²) in [6.07, 6.45) is 2.51. The van der Waals surface area contributed by atoms with Crippen molar-refractivity contribution in [3.05, 3.63) is 35.4 Å². The zero-order valence-corrected chi connectivity index (χ0v) is 8.30. The molecule has 0 heteroatoms. The normalized spacial score (nSPS) is 9.14. The summed E-state index contributed by atoms with van der Waals surface area (Å²) in [5, 5.41) is 0. The van der Waals surface area contributed by atoms with Crippen LogP contribution in [0.15, 0.2) is 24.3 Å². The third kappa shape index (κ3) is 5.80. The van der Waals surface area contributed by atoms with Crippen LogP contribution >= 0.6 is 0 Å². The van der Waals surface area contributed by atoms with Crippen molar-refractivity contribution in [1.29, 1.82) is 0 Å². The van der Waals surface area contributed by atoms with Gasteiger partial charge < -0.3 is 0 Å². The Morgan fingerprint density at radius 2 is 1.50 bits per heavy atom. The Morgan fingerprint density at radius 1 is 1.00 bits per heavy atom. The van der Waals surface area contributed by atoms with Crippen molar-refractivity contribution in [3.63, 3.8) is 0 Å². The van der Waals surface area contributed by atoms with Crippen LogP contribution in [-0.2, 0) is 6.42 Å². The van der Waals surface area contributed by atoms with Crippen molar-refractivity contribution >= 4 is 0 Å². The van der Waals surface area contributed by atoms with Crippen molar-refractivity contribution in [2.75, 3.05) is 0 Å². The van der Waals surface area contributed by atoms with Crippen LogP contribution in [0.5, 0.6) is 0 Å². The monoisotopic (exact) mass is 194 g/mol. The maximum absolute atomic E-state index is 2.27. The highest BCUT2D eigenvalue weighted by molar-refractivity contribution is 5.21. The fourth-order valence-corrected chi connectivity index (χ4v) is 1.21. The second kappa shape index (κ2) is 7.61. The third-order valence-corrected chi connectivity index (χ3v) is 2.13. The molecule has 0 saturated carbocycles. The lowest BCUT2D eigenvalue weighted by atomic mass is 10.0. The lowest BCUT2D eigenvalue weighted by Crippen LogP contribution is -1.91. The largest absolute Gasteiger partial charge is 0.0776 e. The Bertz CT molecular complexity index is 218. The fraction of sp³-hybridized carbons (Fsp3) is 0.571. The molecule has 0 spiro atoms. The van der Waals surface area contributed by atoms with E-state index >= 15 is 0 Å². The van der Waals surface area contributed by atoms with Crippen LogP contribution in [0.3, 0.4) is 0 Å². The standard InChI is InChI=1S/C12H18.2CH4/c1-10(2)4-7-12-8-5-11(3)6-9-12;;/h5-6,8-10H,4,7H2,1-3H3;2*1H4. The molecule has 0 bridgehead atoms. The molecular weight excluding hydrogens is 168 g/mol. The van der Waals surface area contributed by atoms with E-state index in [9.17, 15) is 0 Å². The van der Waals surface area contributed by atoms with E-state index in [2.05, 4.69) is 45.0 Å². The minimum Gasteiger partial charge on any atom is -0.0776 e. The molecule has 0 saturated heterocycles. The molecule has 0 amide bonds. The van der Waals surface area contributed by atoms with E-state index in [1.165, 1.54) is 24.0 Å². The summed E-state index contributed by atoms with van der Waals surface area (Å²) in [6.45, 7) is 6.68. The van der Waals surface area contributed by atoms with Gasteiger partial charge in [0.1, 0.15) is 0 Å². The van der Waals surface area contributed by atoms with Crippen molar-refractivity contribution < 1.29 is 0 Å². The van der Waals surface area contributed by atoms with Crippen LogP contribution in [0, 0.1) is 12.8 Å². The average Bonchev–Trinajstić information content (AvgIpc) is 2.03. The first-order valence-electron chi connectivity index (χ1n) is 4.74. The molecule has 0 N–H and O–H groups in total. The molecule has 0 aromatic heterocycles. The molecule has 0 nitrogen and oxygen atoms in total. The molecule has 0 aliphatic heterocycles. The van der Waals surface area contributed by atoms with Gasteiger partial charge in [-0.25, -0.2) is 0 Å². The summed E-state index contributed by atoms with van der Waals surface area (Å²) in [4.78, 5) is 0. The third-order valence-electron chi connectivity index (χ3n) is 2.13. The maximum Gasteiger partial charge on any atom is -0.0276 e. The number of aryl methyl sites for hydroxylation is 2. The second-order valence-corrected chi connectivity index (χ2v) is 3.92. The summed E-state index contributed by atoms with van der Waals surface area (Å²) in [5.41, 5.74) is 2.82. The van der Waals surface area contributed by atoms with E-state index in [1.807, 2.05) is 0 Å². The molecule has 0 aliphatic rings. The SMILES string of the molecule is C.C.Cc1ccc(CCC(C)C)cc1. The zero-order valence-electron chi connectivity index (χ0n) is 8.30. The van der Waals surface area contributed by atoms with Crippen LogP contribution in [0.2, 0.25) is 0 Å². The topological polar surface area (TPSA) is 0 Å². The van der Waals surface area contributed by atoms with Gasteiger partial charge in [-0.3, -0.25) is 0 Å². The van der Waals surface area contributed by atoms with Crippen LogP contribution in [0.1, 0.15) is 46.2 Å². The van der Waals surface area contributed by atoms with Gasteiger partial charge in [0.25, 0.3) is 0 Å². The zero-order chi connectivity index (χ0) is 8.97. The Kier molecular flexibility index (Phi) is 8.52. The van der Waals surface area contributed by atoms with Crippen molar-refractivity contribution in [1.82, 2.24) is 0 Å². The summed E-state index contributed by atoms with van der Waals surface area (Å²) in [7, 11) is 0. The molecule has 0 unspecified atom stereocenters. The lowest BCUT2D eigenvalue weighted by molar-refractivity contribution is 0.586. The maximum atomic E-state index is 2.27. The van der Waals surface area contributed by atoms with E-state index < -0.39 is 0 Å². The molecule has 0 fully saturated rings. The van der Waals surface area contributed by atoms with Crippen molar-refractivity contribution in [3.8, 4) is 0 Å². The molecule has 0 radical (unpaired) electrons. The van der Waals surface area contributed by atoms with Crippen LogP contribution in [0.4, 0.5) is 0 Å². The fourth-order valence-electron chi connectivity index (χ4n) is 1.21. The van der Waals surface area contributed by atoms with Gasteiger partial charge in [-0.05, 0) is 31.2 Å². The van der Waals surface area contributed by atoms with Crippen molar-refractivity contribution in [2.45, 2.75) is 48.5 Å². The first-order valence-corrected chi connectivity index (χ1v) is 4.74. The first kappa shape index (κ1) is 15.7. The lowest BCUT2D eigenvalue weighted by Gasteiger charge is -2.04. The van der Waals surface area contributed by atoms with Gasteiger partial charge in [-0.15, -0.1) is 0 Å². The van der Waals surface area contributed by atoms with Crippen LogP contribution < -0.4 is 0 Å². The minimum atomic E-state index is 0. The number of rotatable bonds is 3. The number of hydrogen-bond donors (Lipinski definition) is 0. The molecule has 1 aromatic rings. The van der Waals surface area contributed by atoms with E-state index in [0.717, 1.165) is 5.92 Å². The molecule has 82 valence electrons. The van der Waals surface area contributed by atoms with E-state index in [0.29, 0.717) is 0 Å². The Balaban J connectivity index is 0. The Labute approximate surface area is 90.4 Å². The highest BCUT2D eigenvalue weighted by Gasteiger charge is 1.95. The summed E-state index contributed by atoms with van der Waals surface area (Å²) >= 11 is 0. The highest BCUT2D eigenvalue weighted by atomic mass is 14.0.